The van der Waals surface area contributed by atoms with Gasteiger partial charge in [-0.15, -0.1) is 5.10 Å². The molecule has 0 aromatic carbocycles. The average Bonchev–Trinajstić information content (AvgIpc) is 2.53. The van der Waals surface area contributed by atoms with Crippen LogP contribution in [0, 0.1) is 0 Å². The molecule has 0 saturated heterocycles. The van der Waals surface area contributed by atoms with Crippen molar-refractivity contribution in [2.24, 2.45) is 0 Å². The highest BCUT2D eigenvalue weighted by Crippen LogP contribution is 2.15. The second-order valence-corrected chi connectivity index (χ2v) is 2.53. The van der Waals surface area contributed by atoms with Crippen LogP contribution in [0.25, 0.3) is 5.57 Å². The van der Waals surface area contributed by atoms with Gasteiger partial charge in [-0.3, -0.25) is 0 Å². The molecule has 4 nitrogen and oxygen atoms in total. The van der Waals surface area contributed by atoms with Gasteiger partial charge in [-0.05, 0) is 19.1 Å². The molecule has 1 aromatic rings. The van der Waals surface area contributed by atoms with Gasteiger partial charge in [-0.2, -0.15) is 0 Å². The molecule has 0 aliphatic carbocycles. The third kappa shape index (κ3) is 2.55. The van der Waals surface area contributed by atoms with Crippen molar-refractivity contribution in [3.8, 4) is 0 Å². The number of hydrogen-bond donors (Lipinski definition) is 1. The van der Waals surface area contributed by atoms with Crippen LogP contribution in [0.5, 0.6) is 0 Å². The maximum absolute atomic E-state index is 12.4. The number of rotatable bonds is 3. The Bertz CT molecular complexity index is 389. The van der Waals surface area contributed by atoms with Crippen molar-refractivity contribution >= 4 is 11.6 Å². The Hall–Kier alpha value is -1.91. The second kappa shape index (κ2) is 4.36. The van der Waals surface area contributed by atoms with Crippen molar-refractivity contribution in [3.63, 3.8) is 0 Å². The van der Waals surface area contributed by atoms with Gasteiger partial charge in [0.15, 0.2) is 0 Å². The van der Waals surface area contributed by atoms with E-state index < -0.39 is 0 Å². The topological polar surface area (TPSA) is 64.9 Å². The summed E-state index contributed by atoms with van der Waals surface area (Å²) in [5.41, 5.74) is 5.76. The Morgan fingerprint density at radius 3 is 2.64 bits per heavy atom. The van der Waals surface area contributed by atoms with Crippen molar-refractivity contribution in [2.75, 3.05) is 5.73 Å². The van der Waals surface area contributed by atoms with E-state index in [1.165, 1.54) is 25.2 Å². The Balaban J connectivity index is 2.98. The van der Waals surface area contributed by atoms with Gasteiger partial charge in [-0.25, -0.2) is 4.39 Å². The summed E-state index contributed by atoms with van der Waals surface area (Å²) in [5.74, 6) is -0.105. The number of nitrogens with zero attached hydrogens (tertiary/aromatic N) is 2. The van der Waals surface area contributed by atoms with Crippen molar-refractivity contribution in [1.82, 2.24) is 10.2 Å². The molecule has 0 amide bonds. The minimum absolute atomic E-state index is 0.0336. The smallest absolute Gasteiger partial charge is 0.313 e. The van der Waals surface area contributed by atoms with Gasteiger partial charge < -0.3 is 10.2 Å². The minimum Gasteiger partial charge on any atom is -0.404 e. The number of halogens is 1. The highest BCUT2D eigenvalue weighted by Gasteiger charge is 2.04. The van der Waals surface area contributed by atoms with E-state index in [9.17, 15) is 4.39 Å². The van der Waals surface area contributed by atoms with Crippen molar-refractivity contribution in [1.29, 1.82) is 0 Å². The molecule has 74 valence electrons. The first-order chi connectivity index (χ1) is 6.63. The molecule has 0 unspecified atom stereocenters. The molecule has 1 heterocycles. The minimum atomic E-state index is -0.322. The first-order valence-corrected chi connectivity index (χ1v) is 3.89. The summed E-state index contributed by atoms with van der Waals surface area (Å²) in [6, 6.07) is -0.0336. The molecule has 14 heavy (non-hydrogen) atoms. The standard InChI is InChI=1S/C9H10FN3O/c1-3-7(5-4-6(2)10)8-12-13-9(11)14-8/h3-5H,1H2,2H3,(H2,11,13)/b6-4+,7-5+. The van der Waals surface area contributed by atoms with E-state index in [-0.39, 0.29) is 17.7 Å². The lowest BCUT2D eigenvalue weighted by molar-refractivity contribution is 0.560. The first-order valence-electron chi connectivity index (χ1n) is 3.89. The molecular formula is C9H10FN3O. The summed E-state index contributed by atoms with van der Waals surface area (Å²) in [6.45, 7) is 4.87. The lowest BCUT2D eigenvalue weighted by Gasteiger charge is -1.91. The lowest BCUT2D eigenvalue weighted by atomic mass is 10.2. The fraction of sp³-hybridized carbons (Fsp3) is 0.111. The molecule has 1 rings (SSSR count). The Morgan fingerprint density at radius 2 is 2.21 bits per heavy atom. The summed E-state index contributed by atoms with van der Waals surface area (Å²) >= 11 is 0. The number of hydrogen-bond acceptors (Lipinski definition) is 4. The van der Waals surface area contributed by atoms with Crippen LogP contribution < -0.4 is 5.73 Å². The number of allylic oxidation sites excluding steroid dienone is 5. The van der Waals surface area contributed by atoms with E-state index in [1.807, 2.05) is 0 Å². The molecule has 5 heteroatoms. The second-order valence-electron chi connectivity index (χ2n) is 2.53. The molecule has 0 radical (unpaired) electrons. The van der Waals surface area contributed by atoms with Crippen LogP contribution in [0.1, 0.15) is 12.8 Å². The fourth-order valence-corrected chi connectivity index (χ4v) is 0.782. The van der Waals surface area contributed by atoms with Crippen LogP contribution in [0.3, 0.4) is 0 Å². The first kappa shape index (κ1) is 10.2. The van der Waals surface area contributed by atoms with Crippen LogP contribution in [0.2, 0.25) is 0 Å². The Morgan fingerprint density at radius 1 is 1.50 bits per heavy atom. The van der Waals surface area contributed by atoms with Crippen molar-refractivity contribution in [2.45, 2.75) is 6.92 Å². The summed E-state index contributed by atoms with van der Waals surface area (Å²) in [7, 11) is 0. The van der Waals surface area contributed by atoms with Crippen LogP contribution >= 0.6 is 0 Å². The zero-order chi connectivity index (χ0) is 10.6. The fourth-order valence-electron chi connectivity index (χ4n) is 0.782. The number of anilines is 1. The molecule has 0 spiro atoms. The molecule has 0 fully saturated rings. The van der Waals surface area contributed by atoms with Crippen molar-refractivity contribution < 1.29 is 8.81 Å². The molecule has 0 saturated carbocycles. The van der Waals surface area contributed by atoms with Crippen LogP contribution in [-0.4, -0.2) is 10.2 Å². The molecule has 1 aromatic heterocycles. The van der Waals surface area contributed by atoms with Gasteiger partial charge >= 0.3 is 6.01 Å². The highest BCUT2D eigenvalue weighted by molar-refractivity contribution is 5.69. The van der Waals surface area contributed by atoms with Gasteiger partial charge in [0.05, 0.1) is 5.83 Å². The van der Waals surface area contributed by atoms with E-state index in [4.69, 9.17) is 10.2 Å². The SMILES string of the molecule is C=C/C(=C\C=C(/C)F)c1nnc(N)o1. The van der Waals surface area contributed by atoms with Gasteiger partial charge in [0, 0.05) is 5.57 Å². The summed E-state index contributed by atoms with van der Waals surface area (Å²) in [4.78, 5) is 0. The molecule has 2 N–H and O–H groups in total. The zero-order valence-corrected chi connectivity index (χ0v) is 7.70. The zero-order valence-electron chi connectivity index (χ0n) is 7.70. The van der Waals surface area contributed by atoms with Gasteiger partial charge in [0.25, 0.3) is 0 Å². The molecule has 0 aliphatic rings. The third-order valence-corrected chi connectivity index (χ3v) is 1.40. The number of nitrogen functional groups attached to an aromatic ring is 1. The molecule has 0 bridgehead atoms. The summed E-state index contributed by atoms with van der Waals surface area (Å²) in [5, 5.41) is 7.10. The Kier molecular flexibility index (Phi) is 3.17. The van der Waals surface area contributed by atoms with E-state index in [0.717, 1.165) is 0 Å². The monoisotopic (exact) mass is 195 g/mol. The molecular weight excluding hydrogens is 185 g/mol. The number of nitrogens with two attached hydrogens (primary N) is 1. The highest BCUT2D eigenvalue weighted by atomic mass is 19.1. The van der Waals surface area contributed by atoms with E-state index in [2.05, 4.69) is 16.8 Å². The van der Waals surface area contributed by atoms with E-state index >= 15 is 0 Å². The van der Waals surface area contributed by atoms with Crippen molar-refractivity contribution in [3.05, 3.63) is 36.5 Å². The average molecular weight is 195 g/mol. The van der Waals surface area contributed by atoms with Gasteiger partial charge in [0.2, 0.25) is 5.89 Å². The summed E-state index contributed by atoms with van der Waals surface area (Å²) < 4.78 is 17.3. The van der Waals surface area contributed by atoms with Crippen LogP contribution in [0.4, 0.5) is 10.4 Å². The largest absolute Gasteiger partial charge is 0.404 e. The van der Waals surface area contributed by atoms with Gasteiger partial charge in [-0.1, -0.05) is 17.8 Å². The third-order valence-electron chi connectivity index (χ3n) is 1.40. The van der Waals surface area contributed by atoms with Gasteiger partial charge in [0.1, 0.15) is 0 Å². The normalized spacial score (nSPS) is 13.0. The predicted octanol–water partition coefficient (Wildman–Crippen LogP) is 2.09. The van der Waals surface area contributed by atoms with Crippen LogP contribution in [0.15, 0.2) is 35.1 Å². The molecule has 0 aliphatic heterocycles. The lowest BCUT2D eigenvalue weighted by Crippen LogP contribution is -1.81. The van der Waals surface area contributed by atoms with E-state index in [1.54, 1.807) is 0 Å². The summed E-state index contributed by atoms with van der Waals surface area (Å²) in [6.07, 6.45) is 4.24. The number of aromatic nitrogens is 2. The maximum Gasteiger partial charge on any atom is 0.313 e. The molecule has 0 atom stereocenters. The van der Waals surface area contributed by atoms with E-state index in [0.29, 0.717) is 5.57 Å². The quantitative estimate of drug-likeness (QED) is 0.750. The van der Waals surface area contributed by atoms with Crippen LogP contribution in [-0.2, 0) is 0 Å². The Labute approximate surface area is 80.6 Å². The maximum atomic E-state index is 12.4. The predicted molar refractivity (Wildman–Crippen MR) is 51.7 cm³/mol.